The molecule has 6 nitrogen and oxygen atoms in total. The van der Waals surface area contributed by atoms with E-state index in [1.807, 2.05) is 4.90 Å². The minimum Gasteiger partial charge on any atom is -0.494 e. The summed E-state index contributed by atoms with van der Waals surface area (Å²) in [6.07, 6.45) is 4.93. The highest BCUT2D eigenvalue weighted by molar-refractivity contribution is 9.11. The van der Waals surface area contributed by atoms with Crippen LogP contribution in [0.1, 0.15) is 32.1 Å². The van der Waals surface area contributed by atoms with Crippen LogP contribution in [0.2, 0.25) is 5.02 Å². The van der Waals surface area contributed by atoms with Gasteiger partial charge in [-0.15, -0.1) is 0 Å². The standard InChI is InChI=1S/C15H18Br2ClN5O/c1-24-12-8(16)7-9(18)11(10(12)17)23-14(20)21-13(19)22-15(23)5-3-2-4-6-15/h7H,2-6H2,1H3,(H4,19,20,21,22). The lowest BCUT2D eigenvalue weighted by molar-refractivity contribution is 0.305. The summed E-state index contributed by atoms with van der Waals surface area (Å²) in [5, 5.41) is 0.522. The van der Waals surface area contributed by atoms with Crippen molar-refractivity contribution in [3.8, 4) is 5.75 Å². The predicted molar refractivity (Wildman–Crippen MR) is 105 cm³/mol. The molecular formula is C15H18Br2ClN5O. The summed E-state index contributed by atoms with van der Waals surface area (Å²) in [7, 11) is 1.60. The van der Waals surface area contributed by atoms with Gasteiger partial charge in [0.1, 0.15) is 11.4 Å². The van der Waals surface area contributed by atoms with Gasteiger partial charge in [0.05, 0.1) is 26.8 Å². The average Bonchev–Trinajstić information content (AvgIpc) is 2.50. The van der Waals surface area contributed by atoms with Gasteiger partial charge in [0.25, 0.3) is 0 Å². The highest BCUT2D eigenvalue weighted by Crippen LogP contribution is 2.49. The highest BCUT2D eigenvalue weighted by Gasteiger charge is 2.44. The van der Waals surface area contributed by atoms with E-state index in [4.69, 9.17) is 27.8 Å². The van der Waals surface area contributed by atoms with Gasteiger partial charge in [0.15, 0.2) is 0 Å². The van der Waals surface area contributed by atoms with Gasteiger partial charge in [0, 0.05) is 0 Å². The maximum Gasteiger partial charge on any atom is 0.220 e. The Kier molecular flexibility index (Phi) is 4.99. The molecule has 0 radical (unpaired) electrons. The second kappa shape index (κ2) is 6.72. The van der Waals surface area contributed by atoms with Crippen molar-refractivity contribution in [1.82, 2.24) is 0 Å². The number of ether oxygens (including phenoxy) is 1. The number of nitrogens with zero attached hydrogens (tertiary/aromatic N) is 3. The smallest absolute Gasteiger partial charge is 0.220 e. The van der Waals surface area contributed by atoms with Crippen LogP contribution in [0.5, 0.6) is 5.75 Å². The second-order valence-corrected chi connectivity index (χ2v) is 7.91. The zero-order valence-corrected chi connectivity index (χ0v) is 17.1. The summed E-state index contributed by atoms with van der Waals surface area (Å²) < 4.78 is 6.92. The summed E-state index contributed by atoms with van der Waals surface area (Å²) in [6, 6.07) is 1.78. The van der Waals surface area contributed by atoms with Crippen LogP contribution in [0.15, 0.2) is 25.0 Å². The lowest BCUT2D eigenvalue weighted by Crippen LogP contribution is -2.58. The van der Waals surface area contributed by atoms with Crippen molar-refractivity contribution in [2.75, 3.05) is 12.0 Å². The van der Waals surface area contributed by atoms with Gasteiger partial charge in [-0.3, -0.25) is 4.90 Å². The number of nitrogens with two attached hydrogens (primary N) is 2. The molecule has 3 rings (SSSR count). The van der Waals surface area contributed by atoms with Crippen LogP contribution in [0.25, 0.3) is 0 Å². The molecule has 130 valence electrons. The van der Waals surface area contributed by atoms with E-state index in [0.29, 0.717) is 20.9 Å². The maximum atomic E-state index is 6.55. The average molecular weight is 480 g/mol. The Hall–Kier alpha value is -0.990. The number of rotatable bonds is 2. The summed E-state index contributed by atoms with van der Waals surface area (Å²) in [5.74, 6) is 1.13. The Morgan fingerprint density at radius 2 is 1.92 bits per heavy atom. The number of benzene rings is 1. The van der Waals surface area contributed by atoms with Gasteiger partial charge < -0.3 is 16.2 Å². The van der Waals surface area contributed by atoms with E-state index in [-0.39, 0.29) is 11.9 Å². The van der Waals surface area contributed by atoms with E-state index >= 15 is 0 Å². The topological polar surface area (TPSA) is 89.2 Å². The summed E-state index contributed by atoms with van der Waals surface area (Å²) in [6.45, 7) is 0. The first-order valence-corrected chi connectivity index (χ1v) is 9.57. The van der Waals surface area contributed by atoms with Crippen LogP contribution in [0, 0.1) is 0 Å². The van der Waals surface area contributed by atoms with Crippen molar-refractivity contribution in [3.05, 3.63) is 20.0 Å². The molecule has 1 aromatic rings. The number of methoxy groups -OCH3 is 1. The zero-order valence-electron chi connectivity index (χ0n) is 13.2. The van der Waals surface area contributed by atoms with Crippen LogP contribution >= 0.6 is 43.5 Å². The third-order valence-electron chi connectivity index (χ3n) is 4.38. The SMILES string of the molecule is COc1c(Br)cc(Cl)c(N2C(N)=NC(N)=NC23CCCCC3)c1Br. The van der Waals surface area contributed by atoms with E-state index in [2.05, 4.69) is 41.8 Å². The molecule has 0 amide bonds. The molecule has 2 aliphatic rings. The molecule has 1 aromatic carbocycles. The number of hydrogen-bond donors (Lipinski definition) is 2. The Labute approximate surface area is 162 Å². The fraction of sp³-hybridized carbons (Fsp3) is 0.467. The van der Waals surface area contributed by atoms with E-state index in [1.54, 1.807) is 13.2 Å². The summed E-state index contributed by atoms with van der Waals surface area (Å²) in [5.41, 5.74) is 12.3. The first-order chi connectivity index (χ1) is 11.4. The van der Waals surface area contributed by atoms with Crippen LogP contribution < -0.4 is 21.1 Å². The number of aliphatic imine (C=N–C) groups is 2. The molecule has 1 aliphatic heterocycles. The normalized spacial score (nSPS) is 19.9. The van der Waals surface area contributed by atoms with Crippen molar-refractivity contribution in [2.45, 2.75) is 37.8 Å². The van der Waals surface area contributed by atoms with Crippen LogP contribution in [0.3, 0.4) is 0 Å². The van der Waals surface area contributed by atoms with Gasteiger partial charge >= 0.3 is 0 Å². The minimum atomic E-state index is -0.556. The molecule has 0 unspecified atom stereocenters. The van der Waals surface area contributed by atoms with Crippen molar-refractivity contribution in [1.29, 1.82) is 0 Å². The molecule has 1 saturated carbocycles. The maximum absolute atomic E-state index is 6.55. The van der Waals surface area contributed by atoms with Gasteiger partial charge in [0.2, 0.25) is 11.9 Å². The number of anilines is 1. The van der Waals surface area contributed by atoms with E-state index < -0.39 is 5.66 Å². The Morgan fingerprint density at radius 1 is 1.25 bits per heavy atom. The molecular weight excluding hydrogens is 461 g/mol. The molecule has 1 aliphatic carbocycles. The molecule has 1 fully saturated rings. The second-order valence-electron chi connectivity index (χ2n) is 5.85. The third kappa shape index (κ3) is 2.88. The van der Waals surface area contributed by atoms with Crippen LogP contribution in [0.4, 0.5) is 5.69 Å². The molecule has 0 saturated heterocycles. The van der Waals surface area contributed by atoms with Crippen LogP contribution in [-0.2, 0) is 0 Å². The molecule has 0 atom stereocenters. The van der Waals surface area contributed by atoms with Crippen molar-refractivity contribution >= 4 is 61.1 Å². The predicted octanol–water partition coefficient (Wildman–Crippen LogP) is 3.98. The third-order valence-corrected chi connectivity index (χ3v) is 6.00. The summed E-state index contributed by atoms with van der Waals surface area (Å²) >= 11 is 13.6. The fourth-order valence-electron chi connectivity index (χ4n) is 3.40. The molecule has 24 heavy (non-hydrogen) atoms. The van der Waals surface area contributed by atoms with E-state index in [1.165, 1.54) is 6.42 Å². The summed E-state index contributed by atoms with van der Waals surface area (Å²) in [4.78, 5) is 10.7. The molecule has 4 N–H and O–H groups in total. The van der Waals surface area contributed by atoms with Crippen molar-refractivity contribution in [3.63, 3.8) is 0 Å². The minimum absolute atomic E-state index is 0.210. The molecule has 1 spiro atoms. The van der Waals surface area contributed by atoms with Crippen molar-refractivity contribution in [2.24, 2.45) is 21.5 Å². The zero-order chi connectivity index (χ0) is 17.5. The highest BCUT2D eigenvalue weighted by atomic mass is 79.9. The Morgan fingerprint density at radius 3 is 2.54 bits per heavy atom. The van der Waals surface area contributed by atoms with E-state index in [9.17, 15) is 0 Å². The van der Waals surface area contributed by atoms with Gasteiger partial charge in [-0.25, -0.2) is 4.99 Å². The molecule has 1 heterocycles. The lowest BCUT2D eigenvalue weighted by Gasteiger charge is -2.46. The van der Waals surface area contributed by atoms with Gasteiger partial charge in [-0.1, -0.05) is 18.0 Å². The molecule has 0 aromatic heterocycles. The fourth-order valence-corrected chi connectivity index (χ4v) is 5.55. The Balaban J connectivity index is 2.21. The molecule has 9 heteroatoms. The lowest BCUT2D eigenvalue weighted by atomic mass is 9.87. The van der Waals surface area contributed by atoms with Gasteiger partial charge in [-0.2, -0.15) is 4.99 Å². The molecule has 0 bridgehead atoms. The Bertz CT molecular complexity index is 731. The monoisotopic (exact) mass is 477 g/mol. The number of hydrogen-bond acceptors (Lipinski definition) is 6. The quantitative estimate of drug-likeness (QED) is 0.672. The first-order valence-electron chi connectivity index (χ1n) is 7.61. The van der Waals surface area contributed by atoms with Gasteiger partial charge in [-0.05, 0) is 63.6 Å². The first kappa shape index (κ1) is 17.8. The van der Waals surface area contributed by atoms with Crippen molar-refractivity contribution < 1.29 is 4.74 Å². The van der Waals surface area contributed by atoms with E-state index in [0.717, 1.165) is 30.2 Å². The number of guanidine groups is 2. The number of halogens is 3. The largest absolute Gasteiger partial charge is 0.494 e. The van der Waals surface area contributed by atoms with Crippen LogP contribution in [-0.4, -0.2) is 24.7 Å².